The molecule has 0 spiro atoms. The van der Waals surface area contributed by atoms with Gasteiger partial charge in [0.1, 0.15) is 18.2 Å². The molecule has 6 heteroatoms. The van der Waals surface area contributed by atoms with E-state index in [1.54, 1.807) is 0 Å². The van der Waals surface area contributed by atoms with Crippen molar-refractivity contribution in [3.63, 3.8) is 0 Å². The Bertz CT molecular complexity index is 422. The van der Waals surface area contributed by atoms with Gasteiger partial charge in [0, 0.05) is 32.4 Å². The summed E-state index contributed by atoms with van der Waals surface area (Å²) in [5, 5.41) is 0. The van der Waals surface area contributed by atoms with Crippen molar-refractivity contribution in [2.75, 3.05) is 36.9 Å². The highest BCUT2D eigenvalue weighted by Gasteiger charge is 2.20. The normalized spacial score (nSPS) is 18.4. The average Bonchev–Trinajstić information content (AvgIpc) is 2.95. The summed E-state index contributed by atoms with van der Waals surface area (Å²) in [6, 6.07) is 1.81. The van der Waals surface area contributed by atoms with Crippen molar-refractivity contribution in [2.24, 2.45) is 0 Å². The molecule has 2 rings (SSSR count). The molecule has 1 aliphatic heterocycles. The maximum absolute atomic E-state index is 5.87. The molecule has 1 aromatic rings. The van der Waals surface area contributed by atoms with Gasteiger partial charge in [-0.1, -0.05) is 0 Å². The van der Waals surface area contributed by atoms with Crippen LogP contribution in [0, 0.1) is 0 Å². The molecular formula is C14H24N4O2. The van der Waals surface area contributed by atoms with Crippen LogP contribution >= 0.6 is 0 Å². The average molecular weight is 280 g/mol. The van der Waals surface area contributed by atoms with Gasteiger partial charge in [-0.25, -0.2) is 9.97 Å². The van der Waals surface area contributed by atoms with Crippen LogP contribution in [0.25, 0.3) is 0 Å². The lowest BCUT2D eigenvalue weighted by Gasteiger charge is -2.25. The molecule has 1 aliphatic rings. The van der Waals surface area contributed by atoms with Gasteiger partial charge in [0.25, 0.3) is 0 Å². The summed E-state index contributed by atoms with van der Waals surface area (Å²) in [4.78, 5) is 10.9. The van der Waals surface area contributed by atoms with E-state index in [0.29, 0.717) is 31.0 Å². The number of aromatic nitrogens is 2. The first-order valence-electron chi connectivity index (χ1n) is 7.30. The lowest BCUT2D eigenvalue weighted by atomic mass is 10.2. The standard InChI is InChI=1S/C14H24N4O2/c1-3-18(9-11-6-5-7-20-11)14-8-12(15)16-13(17-14)10-19-4-2/h8,11H,3-7,9-10H2,1-2H3,(H2,15,16,17). The molecule has 0 aromatic carbocycles. The highest BCUT2D eigenvalue weighted by atomic mass is 16.5. The number of hydrogen-bond acceptors (Lipinski definition) is 6. The van der Waals surface area contributed by atoms with Crippen LogP contribution in [0.5, 0.6) is 0 Å². The quantitative estimate of drug-likeness (QED) is 0.818. The first-order chi connectivity index (χ1) is 9.72. The van der Waals surface area contributed by atoms with E-state index in [1.165, 1.54) is 0 Å². The van der Waals surface area contributed by atoms with Crippen LogP contribution in [-0.4, -0.2) is 42.4 Å². The number of ether oxygens (including phenoxy) is 2. The first kappa shape index (κ1) is 15.0. The summed E-state index contributed by atoms with van der Waals surface area (Å²) < 4.78 is 11.0. The van der Waals surface area contributed by atoms with Gasteiger partial charge in [0.15, 0.2) is 5.82 Å². The molecule has 6 nitrogen and oxygen atoms in total. The zero-order valence-electron chi connectivity index (χ0n) is 12.3. The van der Waals surface area contributed by atoms with Crippen LogP contribution in [0.3, 0.4) is 0 Å². The van der Waals surface area contributed by atoms with Crippen molar-refractivity contribution in [1.29, 1.82) is 0 Å². The van der Waals surface area contributed by atoms with Crippen LogP contribution < -0.4 is 10.6 Å². The van der Waals surface area contributed by atoms with E-state index in [4.69, 9.17) is 15.2 Å². The molecule has 0 radical (unpaired) electrons. The maximum atomic E-state index is 5.87. The van der Waals surface area contributed by atoms with Crippen molar-refractivity contribution in [1.82, 2.24) is 9.97 Å². The summed E-state index contributed by atoms with van der Waals surface area (Å²) in [6.45, 7) is 7.67. The Kier molecular flexibility index (Phi) is 5.55. The number of nitrogens with zero attached hydrogens (tertiary/aromatic N) is 3. The van der Waals surface area contributed by atoms with E-state index in [-0.39, 0.29) is 0 Å². The molecule has 1 atom stereocenters. The SMILES string of the molecule is CCOCc1nc(N)cc(N(CC)CC2CCCO2)n1. The highest BCUT2D eigenvalue weighted by Crippen LogP contribution is 2.19. The van der Waals surface area contributed by atoms with Crippen molar-refractivity contribution in [3.05, 3.63) is 11.9 Å². The van der Waals surface area contributed by atoms with Crippen molar-refractivity contribution in [2.45, 2.75) is 39.4 Å². The van der Waals surface area contributed by atoms with Crippen molar-refractivity contribution in [3.8, 4) is 0 Å². The van der Waals surface area contributed by atoms with Gasteiger partial charge in [-0.05, 0) is 26.7 Å². The van der Waals surface area contributed by atoms with E-state index < -0.39 is 0 Å². The number of nitrogen functional groups attached to an aromatic ring is 1. The third-order valence-corrected chi connectivity index (χ3v) is 3.37. The number of anilines is 2. The molecular weight excluding hydrogens is 256 g/mol. The van der Waals surface area contributed by atoms with Gasteiger partial charge in [0.2, 0.25) is 0 Å². The molecule has 0 saturated carbocycles. The van der Waals surface area contributed by atoms with E-state index in [1.807, 2.05) is 13.0 Å². The zero-order valence-corrected chi connectivity index (χ0v) is 12.3. The molecule has 1 fully saturated rings. The molecule has 2 N–H and O–H groups in total. The van der Waals surface area contributed by atoms with E-state index in [9.17, 15) is 0 Å². The Morgan fingerprint density at radius 1 is 1.45 bits per heavy atom. The molecule has 0 aliphatic carbocycles. The number of hydrogen-bond donors (Lipinski definition) is 1. The second kappa shape index (κ2) is 7.40. The summed E-state index contributed by atoms with van der Waals surface area (Å²) in [5.74, 6) is 1.97. The lowest BCUT2D eigenvalue weighted by Crippen LogP contribution is -2.33. The Morgan fingerprint density at radius 2 is 2.30 bits per heavy atom. The number of nitrogens with two attached hydrogens (primary N) is 1. The van der Waals surface area contributed by atoms with E-state index in [0.717, 1.165) is 38.4 Å². The Morgan fingerprint density at radius 3 is 2.95 bits per heavy atom. The second-order valence-electron chi connectivity index (χ2n) is 4.88. The van der Waals surface area contributed by atoms with Gasteiger partial charge >= 0.3 is 0 Å². The third-order valence-electron chi connectivity index (χ3n) is 3.37. The highest BCUT2D eigenvalue weighted by molar-refractivity contribution is 5.47. The van der Waals surface area contributed by atoms with Crippen LogP contribution in [0.15, 0.2) is 6.07 Å². The van der Waals surface area contributed by atoms with E-state index >= 15 is 0 Å². The Balaban J connectivity index is 2.08. The minimum Gasteiger partial charge on any atom is -0.384 e. The minimum atomic E-state index is 0.293. The Labute approximate surface area is 120 Å². The van der Waals surface area contributed by atoms with Crippen LogP contribution in [-0.2, 0) is 16.1 Å². The van der Waals surface area contributed by atoms with Gasteiger partial charge < -0.3 is 20.1 Å². The summed E-state index contributed by atoms with van der Waals surface area (Å²) in [5.41, 5.74) is 5.87. The molecule has 2 heterocycles. The zero-order chi connectivity index (χ0) is 14.4. The summed E-state index contributed by atoms with van der Waals surface area (Å²) in [6.07, 6.45) is 2.55. The molecule has 1 saturated heterocycles. The fraction of sp³-hybridized carbons (Fsp3) is 0.714. The molecule has 1 aromatic heterocycles. The fourth-order valence-electron chi connectivity index (χ4n) is 2.34. The molecule has 0 amide bonds. The van der Waals surface area contributed by atoms with Crippen molar-refractivity contribution >= 4 is 11.6 Å². The summed E-state index contributed by atoms with van der Waals surface area (Å²) >= 11 is 0. The molecule has 1 unspecified atom stereocenters. The second-order valence-corrected chi connectivity index (χ2v) is 4.88. The van der Waals surface area contributed by atoms with Gasteiger partial charge in [0.05, 0.1) is 6.10 Å². The fourth-order valence-corrected chi connectivity index (χ4v) is 2.34. The number of rotatable bonds is 7. The topological polar surface area (TPSA) is 73.5 Å². The van der Waals surface area contributed by atoms with Gasteiger partial charge in [-0.3, -0.25) is 0 Å². The Hall–Kier alpha value is -1.40. The largest absolute Gasteiger partial charge is 0.384 e. The third kappa shape index (κ3) is 4.05. The number of likely N-dealkylation sites (N-methyl/N-ethyl adjacent to an activating group) is 1. The van der Waals surface area contributed by atoms with Crippen molar-refractivity contribution < 1.29 is 9.47 Å². The predicted octanol–water partition coefficient (Wildman–Crippen LogP) is 1.60. The molecule has 0 bridgehead atoms. The van der Waals surface area contributed by atoms with Crippen LogP contribution in [0.1, 0.15) is 32.5 Å². The monoisotopic (exact) mass is 280 g/mol. The van der Waals surface area contributed by atoms with E-state index in [2.05, 4.69) is 21.8 Å². The lowest BCUT2D eigenvalue weighted by molar-refractivity contribution is 0.115. The summed E-state index contributed by atoms with van der Waals surface area (Å²) in [7, 11) is 0. The molecule has 20 heavy (non-hydrogen) atoms. The molecule has 112 valence electrons. The van der Waals surface area contributed by atoms with Gasteiger partial charge in [-0.2, -0.15) is 0 Å². The van der Waals surface area contributed by atoms with Crippen LogP contribution in [0.2, 0.25) is 0 Å². The minimum absolute atomic E-state index is 0.293. The first-order valence-corrected chi connectivity index (χ1v) is 7.30. The smallest absolute Gasteiger partial charge is 0.158 e. The van der Waals surface area contributed by atoms with Crippen LogP contribution in [0.4, 0.5) is 11.6 Å². The van der Waals surface area contributed by atoms with Gasteiger partial charge in [-0.15, -0.1) is 0 Å². The maximum Gasteiger partial charge on any atom is 0.158 e. The predicted molar refractivity (Wildman–Crippen MR) is 78.6 cm³/mol.